The normalized spacial score (nSPS) is 13.7. The average molecular weight is 216 g/mol. The first kappa shape index (κ1) is 14.3. The predicted octanol–water partition coefficient (Wildman–Crippen LogP) is 0.694. The highest BCUT2D eigenvalue weighted by molar-refractivity contribution is 5.84. The van der Waals surface area contributed by atoms with Crippen LogP contribution in [0.25, 0.3) is 0 Å². The van der Waals surface area contributed by atoms with Crippen molar-refractivity contribution in [1.82, 2.24) is 0 Å². The van der Waals surface area contributed by atoms with E-state index in [0.717, 1.165) is 0 Å². The van der Waals surface area contributed by atoms with Crippen molar-refractivity contribution < 1.29 is 19.8 Å². The maximum Gasteiger partial charge on any atom is 0.161 e. The second-order valence-corrected chi connectivity index (χ2v) is 4.57. The lowest BCUT2D eigenvalue weighted by molar-refractivity contribution is -0.134. The molecule has 0 bridgehead atoms. The molecule has 88 valence electrons. The number of rotatable bonds is 7. The quantitative estimate of drug-likeness (QED) is 0.656. The molecule has 1 atom stereocenters. The molecule has 1 unspecified atom stereocenters. The Morgan fingerprint density at radius 2 is 1.80 bits per heavy atom. The Morgan fingerprint density at radius 1 is 1.27 bits per heavy atom. The zero-order valence-corrected chi connectivity index (χ0v) is 9.62. The fraction of sp³-hybridized carbons (Fsp3) is 0.818. The minimum atomic E-state index is -1.16. The third-order valence-corrected chi connectivity index (χ3v) is 2.40. The fourth-order valence-corrected chi connectivity index (χ4v) is 1.17. The summed E-state index contributed by atoms with van der Waals surface area (Å²) in [5.41, 5.74) is -0.812. The van der Waals surface area contributed by atoms with Crippen LogP contribution in [0.4, 0.5) is 0 Å². The molecule has 0 aliphatic heterocycles. The lowest BCUT2D eigenvalue weighted by Crippen LogP contribution is -2.39. The van der Waals surface area contributed by atoms with Crippen molar-refractivity contribution in [2.24, 2.45) is 5.41 Å². The fourth-order valence-electron chi connectivity index (χ4n) is 1.17. The minimum Gasteiger partial charge on any atom is -0.396 e. The number of carbonyl (C=O) groups is 2. The second-order valence-electron chi connectivity index (χ2n) is 4.57. The van der Waals surface area contributed by atoms with Crippen LogP contribution >= 0.6 is 0 Å². The van der Waals surface area contributed by atoms with Crippen LogP contribution < -0.4 is 0 Å². The number of Topliss-reactive ketones (excluding diaryl/α,β-unsaturated/α-hetero) is 2. The van der Waals surface area contributed by atoms with Crippen molar-refractivity contribution >= 4 is 11.6 Å². The smallest absolute Gasteiger partial charge is 0.161 e. The molecule has 2 N–H and O–H groups in total. The molecule has 0 saturated carbocycles. The topological polar surface area (TPSA) is 74.6 Å². The molecule has 0 saturated heterocycles. The number of ketones is 2. The Kier molecular flexibility index (Phi) is 5.68. The maximum absolute atomic E-state index is 11.5. The zero-order chi connectivity index (χ0) is 12.1. The largest absolute Gasteiger partial charge is 0.396 e. The zero-order valence-electron chi connectivity index (χ0n) is 9.62. The summed E-state index contributed by atoms with van der Waals surface area (Å²) in [5.74, 6) is -0.269. The molecule has 15 heavy (non-hydrogen) atoms. The summed E-state index contributed by atoms with van der Waals surface area (Å²) < 4.78 is 0. The van der Waals surface area contributed by atoms with Crippen LogP contribution in [-0.2, 0) is 9.59 Å². The SMILES string of the molecule is CC(=O)CCCC(=O)C(O)C(C)(C)CO. The van der Waals surface area contributed by atoms with Gasteiger partial charge in [0.25, 0.3) is 0 Å². The van der Waals surface area contributed by atoms with E-state index in [9.17, 15) is 14.7 Å². The summed E-state index contributed by atoms with van der Waals surface area (Å²) in [6.07, 6.45) is -0.149. The number of carbonyl (C=O) groups excluding carboxylic acids is 2. The van der Waals surface area contributed by atoms with Crippen molar-refractivity contribution in [1.29, 1.82) is 0 Å². The Bertz CT molecular complexity index is 233. The van der Waals surface area contributed by atoms with Gasteiger partial charge in [0.1, 0.15) is 11.9 Å². The predicted molar refractivity (Wildman–Crippen MR) is 56.4 cm³/mol. The molecule has 0 aliphatic rings. The van der Waals surface area contributed by atoms with E-state index in [4.69, 9.17) is 5.11 Å². The van der Waals surface area contributed by atoms with Gasteiger partial charge in [-0.05, 0) is 13.3 Å². The number of hydrogen-bond acceptors (Lipinski definition) is 4. The van der Waals surface area contributed by atoms with Crippen LogP contribution in [0.3, 0.4) is 0 Å². The Labute approximate surface area is 90.3 Å². The number of aliphatic hydroxyl groups excluding tert-OH is 2. The molecule has 4 heteroatoms. The van der Waals surface area contributed by atoms with Gasteiger partial charge in [0.15, 0.2) is 5.78 Å². The summed E-state index contributed by atoms with van der Waals surface area (Å²) in [6.45, 7) is 4.48. The Balaban J connectivity index is 4.05. The average Bonchev–Trinajstić information content (AvgIpc) is 2.15. The minimum absolute atomic E-state index is 0.0405. The standard InChI is InChI=1S/C11H20O4/c1-8(13)5-4-6-9(14)10(15)11(2,3)7-12/h10,12,15H,4-7H2,1-3H3. The summed E-state index contributed by atoms with van der Waals surface area (Å²) in [4.78, 5) is 22.1. The highest BCUT2D eigenvalue weighted by Crippen LogP contribution is 2.21. The third-order valence-electron chi connectivity index (χ3n) is 2.40. The number of aliphatic hydroxyl groups is 2. The van der Waals surface area contributed by atoms with Crippen LogP contribution in [-0.4, -0.2) is 34.5 Å². The molecule has 0 heterocycles. The van der Waals surface area contributed by atoms with Gasteiger partial charge in [0, 0.05) is 18.3 Å². The van der Waals surface area contributed by atoms with Crippen molar-refractivity contribution in [2.75, 3.05) is 6.61 Å². The lowest BCUT2D eigenvalue weighted by Gasteiger charge is -2.26. The van der Waals surface area contributed by atoms with Gasteiger partial charge in [0.2, 0.25) is 0 Å². The van der Waals surface area contributed by atoms with E-state index in [1.807, 2.05) is 0 Å². The molecule has 0 aliphatic carbocycles. The molecule has 0 aromatic heterocycles. The van der Waals surface area contributed by atoms with Crippen molar-refractivity contribution in [2.45, 2.75) is 46.1 Å². The summed E-state index contributed by atoms with van der Waals surface area (Å²) in [5, 5.41) is 18.6. The first-order valence-corrected chi connectivity index (χ1v) is 5.12. The highest BCUT2D eigenvalue weighted by atomic mass is 16.3. The molecule has 0 amide bonds. The van der Waals surface area contributed by atoms with Gasteiger partial charge >= 0.3 is 0 Å². The third kappa shape index (κ3) is 5.04. The van der Waals surface area contributed by atoms with Gasteiger partial charge in [-0.25, -0.2) is 0 Å². The first-order valence-electron chi connectivity index (χ1n) is 5.12. The summed E-state index contributed by atoms with van der Waals surface area (Å²) >= 11 is 0. The van der Waals surface area contributed by atoms with E-state index in [0.29, 0.717) is 12.8 Å². The first-order chi connectivity index (χ1) is 6.81. The van der Waals surface area contributed by atoms with E-state index in [-0.39, 0.29) is 24.6 Å². The molecule has 0 rings (SSSR count). The van der Waals surface area contributed by atoms with Crippen molar-refractivity contribution in [3.8, 4) is 0 Å². The lowest BCUT2D eigenvalue weighted by atomic mass is 9.84. The van der Waals surface area contributed by atoms with Crippen LogP contribution in [0.2, 0.25) is 0 Å². The van der Waals surface area contributed by atoms with Gasteiger partial charge in [-0.3, -0.25) is 4.79 Å². The molecule has 0 radical (unpaired) electrons. The van der Waals surface area contributed by atoms with Gasteiger partial charge in [0.05, 0.1) is 6.61 Å². The van der Waals surface area contributed by atoms with E-state index in [1.54, 1.807) is 13.8 Å². The Hall–Kier alpha value is -0.740. The molecule has 0 spiro atoms. The van der Waals surface area contributed by atoms with Crippen LogP contribution in [0.5, 0.6) is 0 Å². The molecule has 0 aromatic rings. The molecule has 0 fully saturated rings. The summed E-state index contributed by atoms with van der Waals surface area (Å²) in [7, 11) is 0. The van der Waals surface area contributed by atoms with Gasteiger partial charge < -0.3 is 15.0 Å². The maximum atomic E-state index is 11.5. The second kappa shape index (κ2) is 5.98. The highest BCUT2D eigenvalue weighted by Gasteiger charge is 2.32. The van der Waals surface area contributed by atoms with Gasteiger partial charge in [-0.1, -0.05) is 13.8 Å². The van der Waals surface area contributed by atoms with Crippen molar-refractivity contribution in [3.05, 3.63) is 0 Å². The monoisotopic (exact) mass is 216 g/mol. The van der Waals surface area contributed by atoms with Crippen LogP contribution in [0.1, 0.15) is 40.0 Å². The van der Waals surface area contributed by atoms with E-state index < -0.39 is 11.5 Å². The van der Waals surface area contributed by atoms with E-state index in [1.165, 1.54) is 6.92 Å². The van der Waals surface area contributed by atoms with E-state index in [2.05, 4.69) is 0 Å². The molecule has 0 aromatic carbocycles. The molecular weight excluding hydrogens is 196 g/mol. The summed E-state index contributed by atoms with van der Waals surface area (Å²) in [6, 6.07) is 0. The van der Waals surface area contributed by atoms with Gasteiger partial charge in [-0.15, -0.1) is 0 Å². The van der Waals surface area contributed by atoms with Gasteiger partial charge in [-0.2, -0.15) is 0 Å². The van der Waals surface area contributed by atoms with Crippen molar-refractivity contribution in [3.63, 3.8) is 0 Å². The molecular formula is C11H20O4. The van der Waals surface area contributed by atoms with Crippen LogP contribution in [0.15, 0.2) is 0 Å². The molecule has 4 nitrogen and oxygen atoms in total. The number of hydrogen-bond donors (Lipinski definition) is 2. The van der Waals surface area contributed by atoms with E-state index >= 15 is 0 Å². The Morgan fingerprint density at radius 3 is 2.20 bits per heavy atom. The van der Waals surface area contributed by atoms with Crippen LogP contribution in [0, 0.1) is 5.41 Å².